The summed E-state index contributed by atoms with van der Waals surface area (Å²) in [4.78, 5) is 0. The van der Waals surface area contributed by atoms with Gasteiger partial charge in [-0.2, -0.15) is 0 Å². The second kappa shape index (κ2) is 6.12. The summed E-state index contributed by atoms with van der Waals surface area (Å²) in [6.45, 7) is -0.679. The van der Waals surface area contributed by atoms with Crippen LogP contribution in [0.4, 0.5) is 18.9 Å². The first-order chi connectivity index (χ1) is 8.33. The number of anilines is 1. The quantitative estimate of drug-likeness (QED) is 0.774. The minimum Gasteiger partial charge on any atom is -0.404 e. The van der Waals surface area contributed by atoms with E-state index >= 15 is 0 Å². The molecule has 1 aromatic rings. The molecular formula is C10H11ClF3NO3. The fourth-order valence-corrected chi connectivity index (χ4v) is 1.40. The maximum atomic E-state index is 12.1. The zero-order valence-electron chi connectivity index (χ0n) is 9.04. The van der Waals surface area contributed by atoms with Gasteiger partial charge >= 0.3 is 6.36 Å². The van der Waals surface area contributed by atoms with Crippen LogP contribution in [0, 0.1) is 0 Å². The van der Waals surface area contributed by atoms with Gasteiger partial charge in [0.25, 0.3) is 0 Å². The molecule has 0 bridgehead atoms. The molecule has 4 nitrogen and oxygen atoms in total. The number of ether oxygens (including phenoxy) is 1. The summed E-state index contributed by atoms with van der Waals surface area (Å²) in [7, 11) is 0. The maximum absolute atomic E-state index is 12.1. The highest BCUT2D eigenvalue weighted by Crippen LogP contribution is 2.35. The van der Waals surface area contributed by atoms with E-state index in [4.69, 9.17) is 21.8 Å². The van der Waals surface area contributed by atoms with Crippen molar-refractivity contribution in [2.45, 2.75) is 12.5 Å². The van der Waals surface area contributed by atoms with E-state index in [0.29, 0.717) is 0 Å². The number of alkyl halides is 3. The molecule has 1 rings (SSSR count). The van der Waals surface area contributed by atoms with Gasteiger partial charge < -0.3 is 20.3 Å². The molecule has 0 saturated carbocycles. The van der Waals surface area contributed by atoms with Gasteiger partial charge in [0, 0.05) is 6.54 Å². The van der Waals surface area contributed by atoms with Crippen LogP contribution in [0.1, 0.15) is 0 Å². The third kappa shape index (κ3) is 4.59. The molecule has 3 N–H and O–H groups in total. The average Bonchev–Trinajstić information content (AvgIpc) is 2.25. The van der Waals surface area contributed by atoms with E-state index in [2.05, 4.69) is 10.1 Å². The number of halogens is 4. The Morgan fingerprint density at radius 3 is 2.61 bits per heavy atom. The first kappa shape index (κ1) is 14.9. The van der Waals surface area contributed by atoms with Crippen LogP contribution in [-0.4, -0.2) is 35.8 Å². The Morgan fingerprint density at radius 2 is 2.06 bits per heavy atom. The molecule has 0 heterocycles. The minimum atomic E-state index is -4.84. The van der Waals surface area contributed by atoms with Crippen LogP contribution in [0.15, 0.2) is 18.2 Å². The van der Waals surface area contributed by atoms with Gasteiger partial charge in [-0.3, -0.25) is 0 Å². The lowest BCUT2D eigenvalue weighted by atomic mass is 10.2. The highest BCUT2D eigenvalue weighted by molar-refractivity contribution is 6.33. The Balaban J connectivity index is 2.87. The highest BCUT2D eigenvalue weighted by atomic mass is 35.5. The van der Waals surface area contributed by atoms with Crippen LogP contribution in [-0.2, 0) is 0 Å². The molecular weight excluding hydrogens is 275 g/mol. The molecule has 1 atom stereocenters. The topological polar surface area (TPSA) is 61.7 Å². The number of benzene rings is 1. The van der Waals surface area contributed by atoms with Crippen molar-refractivity contribution < 1.29 is 28.1 Å². The van der Waals surface area contributed by atoms with Gasteiger partial charge in [0.05, 0.1) is 23.4 Å². The van der Waals surface area contributed by atoms with E-state index in [-0.39, 0.29) is 17.3 Å². The van der Waals surface area contributed by atoms with Crippen LogP contribution < -0.4 is 10.1 Å². The van der Waals surface area contributed by atoms with E-state index in [9.17, 15) is 13.2 Å². The third-order valence-electron chi connectivity index (χ3n) is 1.93. The number of nitrogens with one attached hydrogen (secondary N) is 1. The van der Waals surface area contributed by atoms with Gasteiger partial charge in [-0.15, -0.1) is 13.2 Å². The Hall–Kier alpha value is -1.18. The fourth-order valence-electron chi connectivity index (χ4n) is 1.17. The summed E-state index contributed by atoms with van der Waals surface area (Å²) in [6, 6.07) is 3.77. The second-order valence-electron chi connectivity index (χ2n) is 3.38. The van der Waals surface area contributed by atoms with Crippen LogP contribution >= 0.6 is 11.6 Å². The first-order valence-corrected chi connectivity index (χ1v) is 5.28. The van der Waals surface area contributed by atoms with Gasteiger partial charge in [-0.1, -0.05) is 17.7 Å². The molecule has 0 fully saturated rings. The van der Waals surface area contributed by atoms with Crippen LogP contribution in [0.3, 0.4) is 0 Å². The van der Waals surface area contributed by atoms with E-state index in [1.165, 1.54) is 12.1 Å². The molecule has 102 valence electrons. The summed E-state index contributed by atoms with van der Waals surface area (Å²) in [6.07, 6.45) is -5.95. The minimum absolute atomic E-state index is 0.0156. The van der Waals surface area contributed by atoms with Gasteiger partial charge in [0.15, 0.2) is 5.75 Å². The molecule has 18 heavy (non-hydrogen) atoms. The number of aliphatic hydroxyl groups excluding tert-OH is 2. The molecule has 0 aliphatic rings. The van der Waals surface area contributed by atoms with Crippen molar-refractivity contribution in [2.75, 3.05) is 18.5 Å². The molecule has 0 spiro atoms. The van der Waals surface area contributed by atoms with Crippen molar-refractivity contribution >= 4 is 17.3 Å². The lowest BCUT2D eigenvalue weighted by Crippen LogP contribution is -2.24. The third-order valence-corrected chi connectivity index (χ3v) is 2.24. The Labute approximate surface area is 106 Å². The molecule has 0 saturated heterocycles. The first-order valence-electron chi connectivity index (χ1n) is 4.90. The van der Waals surface area contributed by atoms with Gasteiger partial charge in [0.1, 0.15) is 0 Å². The number of hydrogen-bond donors (Lipinski definition) is 3. The summed E-state index contributed by atoms with van der Waals surface area (Å²) < 4.78 is 40.2. The number of rotatable bonds is 5. The predicted octanol–water partition coefficient (Wildman–Crippen LogP) is 2.00. The van der Waals surface area contributed by atoms with E-state index in [1.54, 1.807) is 0 Å². The molecule has 0 aromatic heterocycles. The largest absolute Gasteiger partial charge is 0.573 e. The van der Waals surface area contributed by atoms with Crippen molar-refractivity contribution in [3.8, 4) is 5.75 Å². The van der Waals surface area contributed by atoms with E-state index < -0.39 is 24.8 Å². The molecule has 0 aliphatic carbocycles. The monoisotopic (exact) mass is 285 g/mol. The van der Waals surface area contributed by atoms with Crippen LogP contribution in [0.5, 0.6) is 5.75 Å². The van der Waals surface area contributed by atoms with Gasteiger partial charge in [-0.05, 0) is 12.1 Å². The molecule has 0 radical (unpaired) electrons. The van der Waals surface area contributed by atoms with Crippen molar-refractivity contribution in [1.29, 1.82) is 0 Å². The summed E-state index contributed by atoms with van der Waals surface area (Å²) >= 11 is 5.73. The molecule has 8 heteroatoms. The smallest absolute Gasteiger partial charge is 0.404 e. The van der Waals surface area contributed by atoms with Crippen molar-refractivity contribution in [2.24, 2.45) is 0 Å². The Kier molecular flexibility index (Phi) is 5.06. The predicted molar refractivity (Wildman–Crippen MR) is 59.7 cm³/mol. The highest BCUT2D eigenvalue weighted by Gasteiger charge is 2.32. The lowest BCUT2D eigenvalue weighted by Gasteiger charge is -2.17. The van der Waals surface area contributed by atoms with Crippen molar-refractivity contribution in [3.63, 3.8) is 0 Å². The number of hydrogen-bond acceptors (Lipinski definition) is 4. The number of para-hydroxylation sites is 1. The van der Waals surface area contributed by atoms with Gasteiger partial charge in [0.2, 0.25) is 0 Å². The maximum Gasteiger partial charge on any atom is 0.573 e. The molecule has 0 aliphatic heterocycles. The Bertz CT molecular complexity index is 400. The SMILES string of the molecule is OCC(O)CNc1c(Cl)cccc1OC(F)(F)F. The summed E-state index contributed by atoms with van der Waals surface area (Å²) in [5.74, 6) is -0.500. The summed E-state index contributed by atoms with van der Waals surface area (Å²) in [5, 5.41) is 20.2. The molecule has 0 amide bonds. The normalized spacial score (nSPS) is 13.2. The lowest BCUT2D eigenvalue weighted by molar-refractivity contribution is -0.274. The summed E-state index contributed by atoms with van der Waals surface area (Å²) in [5.41, 5.74) is -0.0935. The standard InChI is InChI=1S/C10H11ClF3NO3/c11-7-2-1-3-8(18-10(12,13)14)9(7)15-4-6(17)5-16/h1-3,6,15-17H,4-5H2. The van der Waals surface area contributed by atoms with Crippen LogP contribution in [0.2, 0.25) is 5.02 Å². The van der Waals surface area contributed by atoms with E-state index in [1.807, 2.05) is 0 Å². The molecule has 1 aromatic carbocycles. The van der Waals surface area contributed by atoms with Crippen LogP contribution in [0.25, 0.3) is 0 Å². The Morgan fingerprint density at radius 1 is 1.39 bits per heavy atom. The average molecular weight is 286 g/mol. The number of aliphatic hydroxyl groups is 2. The molecule has 1 unspecified atom stereocenters. The van der Waals surface area contributed by atoms with Gasteiger partial charge in [-0.25, -0.2) is 0 Å². The van der Waals surface area contributed by atoms with Crippen molar-refractivity contribution in [1.82, 2.24) is 0 Å². The zero-order chi connectivity index (χ0) is 13.8. The van der Waals surface area contributed by atoms with E-state index in [0.717, 1.165) is 6.07 Å². The second-order valence-corrected chi connectivity index (χ2v) is 3.79. The fraction of sp³-hybridized carbons (Fsp3) is 0.400. The van der Waals surface area contributed by atoms with Crippen molar-refractivity contribution in [3.05, 3.63) is 23.2 Å². The zero-order valence-corrected chi connectivity index (χ0v) is 9.79.